The zero-order valence-corrected chi connectivity index (χ0v) is 10.8. The van der Waals surface area contributed by atoms with Gasteiger partial charge in [0.1, 0.15) is 5.84 Å². The molecular weight excluding hydrogens is 242 g/mol. The molecule has 0 aliphatic carbocycles. The third kappa shape index (κ3) is 3.05. The Morgan fingerprint density at radius 3 is 3.11 bits per heavy atom. The summed E-state index contributed by atoms with van der Waals surface area (Å²) < 4.78 is 10.6. The van der Waals surface area contributed by atoms with Crippen LogP contribution in [0.5, 0.6) is 11.5 Å². The summed E-state index contributed by atoms with van der Waals surface area (Å²) in [6.07, 6.45) is 6.37. The standard InChI is InChI=1S/C14H17N3O2/c1-2-4-14(15-7-3-1)17-16-9-11-5-6-12-13(8-11)19-10-18-12/h5-6,8-9H,1-4,7,10H2,(H,15,17). The molecule has 1 aromatic carbocycles. The molecular formula is C14H17N3O2. The van der Waals surface area contributed by atoms with E-state index in [1.807, 2.05) is 18.2 Å². The maximum Gasteiger partial charge on any atom is 0.231 e. The molecule has 1 N–H and O–H groups in total. The molecule has 0 saturated heterocycles. The van der Waals surface area contributed by atoms with Crippen molar-refractivity contribution < 1.29 is 9.47 Å². The molecule has 3 rings (SSSR count). The Bertz CT molecular complexity index is 511. The fraction of sp³-hybridized carbons (Fsp3) is 0.429. The average molecular weight is 259 g/mol. The van der Waals surface area contributed by atoms with E-state index < -0.39 is 0 Å². The number of aliphatic imine (C=N–C) groups is 1. The number of benzene rings is 1. The first-order chi connectivity index (χ1) is 9.42. The summed E-state index contributed by atoms with van der Waals surface area (Å²) >= 11 is 0. The van der Waals surface area contributed by atoms with Gasteiger partial charge in [-0.2, -0.15) is 5.10 Å². The van der Waals surface area contributed by atoms with E-state index in [0.29, 0.717) is 6.79 Å². The van der Waals surface area contributed by atoms with Gasteiger partial charge in [0.05, 0.1) is 6.21 Å². The lowest BCUT2D eigenvalue weighted by Gasteiger charge is -2.02. The summed E-state index contributed by atoms with van der Waals surface area (Å²) in [5.74, 6) is 2.54. The largest absolute Gasteiger partial charge is 0.454 e. The lowest BCUT2D eigenvalue weighted by molar-refractivity contribution is 0.174. The highest BCUT2D eigenvalue weighted by Gasteiger charge is 2.12. The monoisotopic (exact) mass is 259 g/mol. The highest BCUT2D eigenvalue weighted by atomic mass is 16.7. The van der Waals surface area contributed by atoms with Crippen LogP contribution >= 0.6 is 0 Å². The zero-order chi connectivity index (χ0) is 12.9. The summed E-state index contributed by atoms with van der Waals surface area (Å²) in [6, 6.07) is 5.77. The lowest BCUT2D eigenvalue weighted by atomic mass is 10.2. The van der Waals surface area contributed by atoms with Crippen LogP contribution in [-0.4, -0.2) is 25.4 Å². The number of fused-ring (bicyclic) bond motifs is 1. The topological polar surface area (TPSA) is 55.2 Å². The molecule has 0 atom stereocenters. The van der Waals surface area contributed by atoms with Gasteiger partial charge in [-0.3, -0.25) is 10.4 Å². The van der Waals surface area contributed by atoms with E-state index in [0.717, 1.165) is 35.9 Å². The Morgan fingerprint density at radius 2 is 2.11 bits per heavy atom. The minimum absolute atomic E-state index is 0.297. The molecule has 5 nitrogen and oxygen atoms in total. The minimum atomic E-state index is 0.297. The SMILES string of the molecule is C(=NNC1=NCCCCC1)c1ccc2c(c1)OCO2. The molecule has 0 bridgehead atoms. The molecule has 2 aliphatic rings. The average Bonchev–Trinajstić information content (AvgIpc) is 2.74. The predicted octanol–water partition coefficient (Wildman–Crippen LogP) is 2.31. The highest BCUT2D eigenvalue weighted by Crippen LogP contribution is 2.31. The van der Waals surface area contributed by atoms with Crippen LogP contribution in [0.2, 0.25) is 0 Å². The Kier molecular flexibility index (Phi) is 3.63. The van der Waals surface area contributed by atoms with Crippen molar-refractivity contribution in [1.82, 2.24) is 5.43 Å². The molecule has 19 heavy (non-hydrogen) atoms. The molecule has 0 saturated carbocycles. The number of hydrogen-bond acceptors (Lipinski definition) is 5. The first-order valence-electron chi connectivity index (χ1n) is 6.64. The normalized spacial score (nSPS) is 18.2. The molecule has 0 unspecified atom stereocenters. The number of rotatable bonds is 2. The lowest BCUT2D eigenvalue weighted by Crippen LogP contribution is -2.17. The van der Waals surface area contributed by atoms with Crippen molar-refractivity contribution in [1.29, 1.82) is 0 Å². The van der Waals surface area contributed by atoms with Crippen molar-refractivity contribution in [3.8, 4) is 11.5 Å². The van der Waals surface area contributed by atoms with Gasteiger partial charge in [-0.1, -0.05) is 6.42 Å². The van der Waals surface area contributed by atoms with E-state index >= 15 is 0 Å². The van der Waals surface area contributed by atoms with Crippen LogP contribution in [0.1, 0.15) is 31.2 Å². The maximum atomic E-state index is 5.32. The third-order valence-corrected chi connectivity index (χ3v) is 3.18. The maximum absolute atomic E-state index is 5.32. The first-order valence-corrected chi connectivity index (χ1v) is 6.64. The third-order valence-electron chi connectivity index (χ3n) is 3.18. The first kappa shape index (κ1) is 12.0. The van der Waals surface area contributed by atoms with Crippen LogP contribution in [0, 0.1) is 0 Å². The van der Waals surface area contributed by atoms with Crippen LogP contribution in [0.4, 0.5) is 0 Å². The number of amidine groups is 1. The molecule has 5 heteroatoms. The van der Waals surface area contributed by atoms with E-state index in [1.165, 1.54) is 19.3 Å². The van der Waals surface area contributed by atoms with Crippen molar-refractivity contribution >= 4 is 12.1 Å². The van der Waals surface area contributed by atoms with Crippen molar-refractivity contribution in [2.75, 3.05) is 13.3 Å². The number of ether oxygens (including phenoxy) is 2. The number of hydrazone groups is 1. The zero-order valence-electron chi connectivity index (χ0n) is 10.8. The molecule has 0 aromatic heterocycles. The predicted molar refractivity (Wildman–Crippen MR) is 74.1 cm³/mol. The summed E-state index contributed by atoms with van der Waals surface area (Å²) in [5.41, 5.74) is 4.00. The smallest absolute Gasteiger partial charge is 0.231 e. The Labute approximate surface area is 112 Å². The summed E-state index contributed by atoms with van der Waals surface area (Å²) in [4.78, 5) is 4.46. The fourth-order valence-electron chi connectivity index (χ4n) is 2.14. The highest BCUT2D eigenvalue weighted by molar-refractivity contribution is 5.85. The second-order valence-electron chi connectivity index (χ2n) is 4.62. The van der Waals surface area contributed by atoms with E-state index in [1.54, 1.807) is 6.21 Å². The quantitative estimate of drug-likeness (QED) is 0.655. The molecule has 1 aromatic rings. The van der Waals surface area contributed by atoms with Gasteiger partial charge in [0.15, 0.2) is 11.5 Å². The summed E-state index contributed by atoms with van der Waals surface area (Å²) in [6.45, 7) is 1.20. The van der Waals surface area contributed by atoms with Gasteiger partial charge in [-0.25, -0.2) is 0 Å². The Hall–Kier alpha value is -2.04. The van der Waals surface area contributed by atoms with Crippen LogP contribution in [0.15, 0.2) is 28.3 Å². The van der Waals surface area contributed by atoms with Crippen molar-refractivity contribution in [2.45, 2.75) is 25.7 Å². The van der Waals surface area contributed by atoms with E-state index in [-0.39, 0.29) is 0 Å². The van der Waals surface area contributed by atoms with Crippen molar-refractivity contribution in [2.24, 2.45) is 10.1 Å². The number of nitrogens with zero attached hydrogens (tertiary/aromatic N) is 2. The molecule has 0 spiro atoms. The molecule has 0 fully saturated rings. The van der Waals surface area contributed by atoms with E-state index in [9.17, 15) is 0 Å². The Balaban J connectivity index is 1.61. The van der Waals surface area contributed by atoms with Gasteiger partial charge in [0.2, 0.25) is 6.79 Å². The van der Waals surface area contributed by atoms with Crippen LogP contribution in [0.25, 0.3) is 0 Å². The minimum Gasteiger partial charge on any atom is -0.454 e. The van der Waals surface area contributed by atoms with Gasteiger partial charge in [-0.15, -0.1) is 0 Å². The van der Waals surface area contributed by atoms with Crippen LogP contribution in [0.3, 0.4) is 0 Å². The van der Waals surface area contributed by atoms with Gasteiger partial charge < -0.3 is 9.47 Å². The van der Waals surface area contributed by atoms with Gasteiger partial charge in [-0.05, 0) is 36.6 Å². The van der Waals surface area contributed by atoms with Gasteiger partial charge in [0, 0.05) is 13.0 Å². The molecule has 0 amide bonds. The second-order valence-corrected chi connectivity index (χ2v) is 4.62. The van der Waals surface area contributed by atoms with Crippen LogP contribution < -0.4 is 14.9 Å². The van der Waals surface area contributed by atoms with Gasteiger partial charge in [0.25, 0.3) is 0 Å². The van der Waals surface area contributed by atoms with Gasteiger partial charge >= 0.3 is 0 Å². The number of nitrogens with one attached hydrogen (secondary N) is 1. The van der Waals surface area contributed by atoms with Crippen molar-refractivity contribution in [3.63, 3.8) is 0 Å². The molecule has 0 radical (unpaired) electrons. The van der Waals surface area contributed by atoms with Crippen molar-refractivity contribution in [3.05, 3.63) is 23.8 Å². The van der Waals surface area contributed by atoms with Crippen LogP contribution in [-0.2, 0) is 0 Å². The molecule has 100 valence electrons. The summed E-state index contributed by atoms with van der Waals surface area (Å²) in [7, 11) is 0. The van der Waals surface area contributed by atoms with E-state index in [2.05, 4.69) is 15.5 Å². The summed E-state index contributed by atoms with van der Waals surface area (Å²) in [5, 5.41) is 4.23. The molecule has 2 aliphatic heterocycles. The fourth-order valence-corrected chi connectivity index (χ4v) is 2.14. The van der Waals surface area contributed by atoms with E-state index in [4.69, 9.17) is 9.47 Å². The number of hydrogen-bond donors (Lipinski definition) is 1. The molecule has 2 heterocycles. The Morgan fingerprint density at radius 1 is 1.16 bits per heavy atom. The second kappa shape index (κ2) is 5.73.